The van der Waals surface area contributed by atoms with Gasteiger partial charge < -0.3 is 0 Å². The maximum atomic E-state index is 6.28. The topological polar surface area (TPSA) is 0 Å². The van der Waals surface area contributed by atoms with Crippen LogP contribution in [0.4, 0.5) is 0 Å². The van der Waals surface area contributed by atoms with Crippen LogP contribution in [0.1, 0.15) is 27.2 Å². The minimum absolute atomic E-state index is 0.323. The fourth-order valence-corrected chi connectivity index (χ4v) is 3.12. The van der Waals surface area contributed by atoms with Crippen LogP contribution in [0.15, 0.2) is 11.6 Å². The number of halogens is 1. The van der Waals surface area contributed by atoms with Gasteiger partial charge in [-0.1, -0.05) is 25.5 Å². The molecule has 3 atom stereocenters. The van der Waals surface area contributed by atoms with Crippen LogP contribution in [0.25, 0.3) is 0 Å². The lowest BCUT2D eigenvalue weighted by molar-refractivity contribution is 0.543. The van der Waals surface area contributed by atoms with E-state index in [0.29, 0.717) is 10.8 Å². The molecule has 0 amide bonds. The van der Waals surface area contributed by atoms with E-state index < -0.39 is 0 Å². The van der Waals surface area contributed by atoms with Crippen LogP contribution in [0.3, 0.4) is 0 Å². The van der Waals surface area contributed by atoms with Gasteiger partial charge in [0.1, 0.15) is 0 Å². The van der Waals surface area contributed by atoms with E-state index in [1.54, 1.807) is 0 Å². The Kier molecular flexibility index (Phi) is 1.42. The Bertz CT molecular complexity index is 215. The van der Waals surface area contributed by atoms with Gasteiger partial charge in [0, 0.05) is 0 Å². The molecule has 1 fully saturated rings. The maximum absolute atomic E-state index is 6.28. The van der Waals surface area contributed by atoms with Crippen molar-refractivity contribution in [2.75, 3.05) is 0 Å². The predicted molar refractivity (Wildman–Crippen MR) is 48.8 cm³/mol. The second-order valence-corrected chi connectivity index (χ2v) is 5.01. The van der Waals surface area contributed by atoms with Gasteiger partial charge in [-0.15, -0.1) is 11.6 Å². The van der Waals surface area contributed by atoms with E-state index in [4.69, 9.17) is 11.6 Å². The van der Waals surface area contributed by atoms with Crippen LogP contribution in [0, 0.1) is 17.3 Å². The molecule has 0 N–H and O–H groups in total. The van der Waals surface area contributed by atoms with E-state index in [1.165, 1.54) is 12.0 Å². The van der Waals surface area contributed by atoms with Gasteiger partial charge in [-0.05, 0) is 30.6 Å². The quantitative estimate of drug-likeness (QED) is 0.387. The summed E-state index contributed by atoms with van der Waals surface area (Å²) in [4.78, 5) is 0. The molecule has 62 valence electrons. The van der Waals surface area contributed by atoms with Crippen molar-refractivity contribution >= 4 is 11.6 Å². The van der Waals surface area contributed by atoms with Gasteiger partial charge in [0.25, 0.3) is 0 Å². The highest BCUT2D eigenvalue weighted by Gasteiger charge is 2.61. The summed E-state index contributed by atoms with van der Waals surface area (Å²) in [6, 6.07) is 0. The number of rotatable bonds is 0. The summed E-state index contributed by atoms with van der Waals surface area (Å²) in [6.07, 6.45) is 3.57. The predicted octanol–water partition coefficient (Wildman–Crippen LogP) is 3.22. The molecule has 2 aliphatic rings. The first kappa shape index (κ1) is 7.67. The van der Waals surface area contributed by atoms with E-state index in [2.05, 4.69) is 26.8 Å². The molecule has 3 unspecified atom stereocenters. The van der Waals surface area contributed by atoms with Crippen LogP contribution in [-0.4, -0.2) is 5.38 Å². The summed E-state index contributed by atoms with van der Waals surface area (Å²) < 4.78 is 0. The van der Waals surface area contributed by atoms with Gasteiger partial charge >= 0.3 is 0 Å². The molecule has 0 bridgehead atoms. The van der Waals surface area contributed by atoms with Crippen molar-refractivity contribution in [3.63, 3.8) is 0 Å². The number of alkyl halides is 1. The van der Waals surface area contributed by atoms with E-state index in [0.717, 1.165) is 11.8 Å². The third-order valence-electron chi connectivity index (χ3n) is 3.58. The molecule has 0 aromatic heterocycles. The van der Waals surface area contributed by atoms with Crippen LogP contribution in [0.2, 0.25) is 0 Å². The van der Waals surface area contributed by atoms with Crippen molar-refractivity contribution in [3.8, 4) is 0 Å². The van der Waals surface area contributed by atoms with Gasteiger partial charge in [0.15, 0.2) is 0 Å². The first-order chi connectivity index (χ1) is 5.05. The lowest BCUT2D eigenvalue weighted by atomic mass is 10.0. The van der Waals surface area contributed by atoms with Gasteiger partial charge in [0.05, 0.1) is 5.38 Å². The normalized spacial score (nSPS) is 46.2. The van der Waals surface area contributed by atoms with Crippen molar-refractivity contribution in [2.24, 2.45) is 17.3 Å². The van der Waals surface area contributed by atoms with Crippen LogP contribution < -0.4 is 0 Å². The minimum Gasteiger partial charge on any atom is -0.118 e. The molecule has 1 saturated carbocycles. The molecule has 11 heavy (non-hydrogen) atoms. The molecule has 2 aliphatic carbocycles. The fourth-order valence-electron chi connectivity index (χ4n) is 2.53. The summed E-state index contributed by atoms with van der Waals surface area (Å²) in [5.41, 5.74) is 1.90. The van der Waals surface area contributed by atoms with E-state index in [9.17, 15) is 0 Å². The Balaban J connectivity index is 2.22. The average Bonchev–Trinajstić information content (AvgIpc) is 2.46. The van der Waals surface area contributed by atoms with Crippen molar-refractivity contribution in [3.05, 3.63) is 11.6 Å². The van der Waals surface area contributed by atoms with E-state index in [1.807, 2.05) is 0 Å². The van der Waals surface area contributed by atoms with Gasteiger partial charge in [0.2, 0.25) is 0 Å². The highest BCUT2D eigenvalue weighted by Crippen LogP contribution is 2.65. The van der Waals surface area contributed by atoms with Gasteiger partial charge in [-0.25, -0.2) is 0 Å². The molecular weight excluding hydrogens is 156 g/mol. The summed E-state index contributed by atoms with van der Waals surface area (Å²) >= 11 is 6.28. The molecule has 0 aromatic carbocycles. The minimum atomic E-state index is 0.323. The molecule has 0 spiro atoms. The zero-order valence-corrected chi connectivity index (χ0v) is 8.15. The Morgan fingerprint density at radius 2 is 2.18 bits per heavy atom. The zero-order valence-electron chi connectivity index (χ0n) is 7.39. The number of hydrogen-bond acceptors (Lipinski definition) is 0. The van der Waals surface area contributed by atoms with E-state index in [-0.39, 0.29) is 0 Å². The molecular formula is C10H15Cl. The molecule has 0 heterocycles. The fraction of sp³-hybridized carbons (Fsp3) is 0.800. The summed E-state index contributed by atoms with van der Waals surface area (Å²) in [6.45, 7) is 6.83. The Morgan fingerprint density at radius 1 is 1.55 bits per heavy atom. The second-order valence-electron chi connectivity index (χ2n) is 4.54. The summed E-state index contributed by atoms with van der Waals surface area (Å²) in [5, 5.41) is 0.323. The molecule has 1 heteroatoms. The number of hydrogen-bond donors (Lipinski definition) is 0. The number of allylic oxidation sites excluding steroid dienone is 2. The zero-order chi connectivity index (χ0) is 8.22. The monoisotopic (exact) mass is 170 g/mol. The molecule has 0 aromatic rings. The van der Waals surface area contributed by atoms with Crippen molar-refractivity contribution in [1.29, 1.82) is 0 Å². The molecule has 0 nitrogen and oxygen atoms in total. The van der Waals surface area contributed by atoms with Crippen LogP contribution in [-0.2, 0) is 0 Å². The highest BCUT2D eigenvalue weighted by atomic mass is 35.5. The standard InChI is InChI=1S/C10H15Cl/c1-6-4-5-7-8(9(6)11)10(7,2)3/h4,7-9H,5H2,1-3H3. The largest absolute Gasteiger partial charge is 0.118 e. The lowest BCUT2D eigenvalue weighted by Crippen LogP contribution is -2.10. The number of fused-ring (bicyclic) bond motifs is 1. The molecule has 0 saturated heterocycles. The summed E-state index contributed by atoms with van der Waals surface area (Å²) in [7, 11) is 0. The SMILES string of the molecule is CC1=CCC2C(C1Cl)C2(C)C. The highest BCUT2D eigenvalue weighted by molar-refractivity contribution is 6.23. The van der Waals surface area contributed by atoms with Crippen molar-refractivity contribution in [2.45, 2.75) is 32.6 Å². The van der Waals surface area contributed by atoms with Crippen LogP contribution in [0.5, 0.6) is 0 Å². The van der Waals surface area contributed by atoms with Crippen molar-refractivity contribution in [1.82, 2.24) is 0 Å². The Labute approximate surface area is 73.6 Å². The van der Waals surface area contributed by atoms with Gasteiger partial charge in [-0.2, -0.15) is 0 Å². The smallest absolute Gasteiger partial charge is 0.0578 e. The summed E-state index contributed by atoms with van der Waals surface area (Å²) in [5.74, 6) is 1.63. The first-order valence-corrected chi connectivity index (χ1v) is 4.79. The molecule has 2 rings (SSSR count). The average molecular weight is 171 g/mol. The second kappa shape index (κ2) is 2.04. The van der Waals surface area contributed by atoms with Crippen molar-refractivity contribution < 1.29 is 0 Å². The van der Waals surface area contributed by atoms with E-state index >= 15 is 0 Å². The Hall–Kier alpha value is 0.0300. The third-order valence-corrected chi connectivity index (χ3v) is 4.20. The van der Waals surface area contributed by atoms with Gasteiger partial charge in [-0.3, -0.25) is 0 Å². The van der Waals surface area contributed by atoms with Crippen LogP contribution >= 0.6 is 11.6 Å². The lowest BCUT2D eigenvalue weighted by Gasteiger charge is -2.14. The maximum Gasteiger partial charge on any atom is 0.0578 e. The molecule has 0 radical (unpaired) electrons. The third kappa shape index (κ3) is 0.885. The Morgan fingerprint density at radius 3 is 2.73 bits per heavy atom. The first-order valence-electron chi connectivity index (χ1n) is 4.36. The molecule has 0 aliphatic heterocycles.